The molecule has 1 heterocycles. The van der Waals surface area contributed by atoms with Gasteiger partial charge in [-0.05, 0) is 28.5 Å². The molecule has 1 atom stereocenters. The Morgan fingerprint density at radius 3 is 2.06 bits per heavy atom. The van der Waals surface area contributed by atoms with Gasteiger partial charge in [0.25, 0.3) is 0 Å². The van der Waals surface area contributed by atoms with E-state index in [1.807, 2.05) is 6.07 Å². The van der Waals surface area contributed by atoms with E-state index in [1.165, 1.54) is 16.0 Å². The normalized spacial score (nSPS) is 12.2. The van der Waals surface area contributed by atoms with Gasteiger partial charge in [0.1, 0.15) is 0 Å². The fraction of sp³-hybridized carbons (Fsp3) is 0.286. The third-order valence-corrected chi connectivity index (χ3v) is 3.77. The number of benzene rings is 1. The van der Waals surface area contributed by atoms with Gasteiger partial charge in [-0.25, -0.2) is 0 Å². The van der Waals surface area contributed by atoms with Crippen molar-refractivity contribution in [2.45, 2.75) is 25.8 Å². The largest absolute Gasteiger partial charge is 0.320 e. The summed E-state index contributed by atoms with van der Waals surface area (Å²) >= 11 is 1.71. The van der Waals surface area contributed by atoms with E-state index in [1.54, 1.807) is 11.3 Å². The molecule has 2 aromatic rings. The van der Waals surface area contributed by atoms with Crippen LogP contribution >= 0.6 is 23.7 Å². The van der Waals surface area contributed by atoms with E-state index < -0.39 is 0 Å². The van der Waals surface area contributed by atoms with Crippen molar-refractivity contribution in [2.75, 3.05) is 0 Å². The monoisotopic (exact) mass is 267 g/mol. The van der Waals surface area contributed by atoms with Crippen LogP contribution in [0, 0.1) is 0 Å². The molecule has 0 unspecified atom stereocenters. The SMILES string of the molecule is CC(C)c1ccc([C@H](N)c2cccs2)cc1.Cl. The Morgan fingerprint density at radius 2 is 1.59 bits per heavy atom. The summed E-state index contributed by atoms with van der Waals surface area (Å²) in [5.74, 6) is 0.576. The first kappa shape index (κ1) is 14.2. The Balaban J connectivity index is 0.00000144. The van der Waals surface area contributed by atoms with Gasteiger partial charge in [0.2, 0.25) is 0 Å². The summed E-state index contributed by atoms with van der Waals surface area (Å²) in [4.78, 5) is 1.22. The van der Waals surface area contributed by atoms with E-state index in [2.05, 4.69) is 49.6 Å². The molecule has 2 N–H and O–H groups in total. The highest BCUT2D eigenvalue weighted by Crippen LogP contribution is 2.25. The molecule has 17 heavy (non-hydrogen) atoms. The van der Waals surface area contributed by atoms with Gasteiger partial charge in [-0.15, -0.1) is 23.7 Å². The molecular formula is C14H18ClNS. The van der Waals surface area contributed by atoms with Crippen molar-refractivity contribution in [3.05, 3.63) is 57.8 Å². The lowest BCUT2D eigenvalue weighted by Crippen LogP contribution is -2.10. The van der Waals surface area contributed by atoms with Crippen LogP contribution in [0.15, 0.2) is 41.8 Å². The molecule has 1 aromatic heterocycles. The van der Waals surface area contributed by atoms with Crippen LogP contribution < -0.4 is 5.73 Å². The number of thiophene rings is 1. The molecule has 0 bridgehead atoms. The van der Waals surface area contributed by atoms with Crippen LogP contribution in [0.3, 0.4) is 0 Å². The lowest BCUT2D eigenvalue weighted by atomic mass is 9.99. The predicted molar refractivity (Wildman–Crippen MR) is 78.1 cm³/mol. The molecule has 0 aliphatic carbocycles. The molecule has 0 spiro atoms. The van der Waals surface area contributed by atoms with Gasteiger partial charge in [-0.1, -0.05) is 44.2 Å². The summed E-state index contributed by atoms with van der Waals surface area (Å²) in [5, 5.41) is 2.07. The Morgan fingerprint density at radius 1 is 1.00 bits per heavy atom. The first-order valence-electron chi connectivity index (χ1n) is 5.57. The Hall–Kier alpha value is -0.830. The molecule has 0 aliphatic heterocycles. The lowest BCUT2D eigenvalue weighted by molar-refractivity contribution is 0.854. The molecule has 0 aliphatic rings. The summed E-state index contributed by atoms with van der Waals surface area (Å²) in [6.07, 6.45) is 0. The van der Waals surface area contributed by atoms with Gasteiger partial charge >= 0.3 is 0 Å². The number of hydrogen-bond donors (Lipinski definition) is 1. The van der Waals surface area contributed by atoms with Crippen molar-refractivity contribution in [3.63, 3.8) is 0 Å². The molecular weight excluding hydrogens is 250 g/mol. The third-order valence-electron chi connectivity index (χ3n) is 2.81. The highest BCUT2D eigenvalue weighted by Gasteiger charge is 2.09. The number of hydrogen-bond acceptors (Lipinski definition) is 2. The van der Waals surface area contributed by atoms with Gasteiger partial charge in [-0.2, -0.15) is 0 Å². The third kappa shape index (κ3) is 3.32. The van der Waals surface area contributed by atoms with E-state index in [0.29, 0.717) is 5.92 Å². The number of nitrogens with two attached hydrogens (primary N) is 1. The maximum atomic E-state index is 6.20. The van der Waals surface area contributed by atoms with E-state index in [9.17, 15) is 0 Å². The van der Waals surface area contributed by atoms with Gasteiger partial charge in [0.05, 0.1) is 6.04 Å². The van der Waals surface area contributed by atoms with Crippen molar-refractivity contribution in [1.82, 2.24) is 0 Å². The summed E-state index contributed by atoms with van der Waals surface area (Å²) in [6, 6.07) is 12.8. The van der Waals surface area contributed by atoms with Gasteiger partial charge in [0.15, 0.2) is 0 Å². The highest BCUT2D eigenvalue weighted by atomic mass is 35.5. The highest BCUT2D eigenvalue weighted by molar-refractivity contribution is 7.10. The molecule has 1 aromatic carbocycles. The molecule has 2 rings (SSSR count). The molecule has 92 valence electrons. The average molecular weight is 268 g/mol. The van der Waals surface area contributed by atoms with Gasteiger partial charge in [-0.3, -0.25) is 0 Å². The lowest BCUT2D eigenvalue weighted by Gasteiger charge is -2.12. The fourth-order valence-electron chi connectivity index (χ4n) is 1.72. The number of halogens is 1. The topological polar surface area (TPSA) is 26.0 Å². The Bertz CT molecular complexity index is 434. The second kappa shape index (κ2) is 6.20. The molecule has 1 nitrogen and oxygen atoms in total. The Kier molecular flexibility index (Phi) is 5.19. The van der Waals surface area contributed by atoms with E-state index >= 15 is 0 Å². The van der Waals surface area contributed by atoms with Crippen LogP contribution in [0.2, 0.25) is 0 Å². The van der Waals surface area contributed by atoms with Crippen LogP contribution in [0.25, 0.3) is 0 Å². The minimum atomic E-state index is 0. The van der Waals surface area contributed by atoms with E-state index in [-0.39, 0.29) is 18.4 Å². The molecule has 0 fully saturated rings. The van der Waals surface area contributed by atoms with Gasteiger partial charge < -0.3 is 5.73 Å². The van der Waals surface area contributed by atoms with E-state index in [4.69, 9.17) is 5.73 Å². The molecule has 0 saturated carbocycles. The van der Waals surface area contributed by atoms with Crippen LogP contribution in [0.1, 0.15) is 41.8 Å². The molecule has 0 saturated heterocycles. The zero-order valence-electron chi connectivity index (χ0n) is 10.1. The zero-order valence-corrected chi connectivity index (χ0v) is 11.7. The van der Waals surface area contributed by atoms with Crippen LogP contribution in [0.5, 0.6) is 0 Å². The minimum absolute atomic E-state index is 0. The smallest absolute Gasteiger partial charge is 0.0645 e. The minimum Gasteiger partial charge on any atom is -0.320 e. The summed E-state index contributed by atoms with van der Waals surface area (Å²) in [6.45, 7) is 4.41. The first-order valence-corrected chi connectivity index (χ1v) is 6.45. The summed E-state index contributed by atoms with van der Waals surface area (Å²) in [5.41, 5.74) is 8.75. The zero-order chi connectivity index (χ0) is 11.5. The van der Waals surface area contributed by atoms with Crippen molar-refractivity contribution in [2.24, 2.45) is 5.73 Å². The maximum Gasteiger partial charge on any atom is 0.0645 e. The molecule has 3 heteroatoms. The average Bonchev–Trinajstić information content (AvgIpc) is 2.81. The summed E-state index contributed by atoms with van der Waals surface area (Å²) in [7, 11) is 0. The molecule has 0 radical (unpaired) electrons. The van der Waals surface area contributed by atoms with Gasteiger partial charge in [0, 0.05) is 4.88 Å². The number of rotatable bonds is 3. The van der Waals surface area contributed by atoms with Crippen molar-refractivity contribution in [3.8, 4) is 0 Å². The standard InChI is InChI=1S/C14H17NS.ClH/c1-10(2)11-5-7-12(8-6-11)14(15)13-4-3-9-16-13;/h3-10,14H,15H2,1-2H3;1H/t14-;/m0./s1. The summed E-state index contributed by atoms with van der Waals surface area (Å²) < 4.78 is 0. The first-order chi connectivity index (χ1) is 7.68. The van der Waals surface area contributed by atoms with Crippen molar-refractivity contribution >= 4 is 23.7 Å². The second-order valence-corrected chi connectivity index (χ2v) is 5.29. The van der Waals surface area contributed by atoms with Crippen molar-refractivity contribution in [1.29, 1.82) is 0 Å². The van der Waals surface area contributed by atoms with E-state index in [0.717, 1.165) is 0 Å². The maximum absolute atomic E-state index is 6.20. The van der Waals surface area contributed by atoms with Crippen LogP contribution in [-0.4, -0.2) is 0 Å². The van der Waals surface area contributed by atoms with Crippen LogP contribution in [0.4, 0.5) is 0 Å². The van der Waals surface area contributed by atoms with Crippen LogP contribution in [-0.2, 0) is 0 Å². The quantitative estimate of drug-likeness (QED) is 0.880. The predicted octanol–water partition coefficient (Wildman–Crippen LogP) is 4.34. The Labute approximate surface area is 113 Å². The fourth-order valence-corrected chi connectivity index (χ4v) is 2.47. The molecule has 0 amide bonds. The second-order valence-electron chi connectivity index (χ2n) is 4.31. The van der Waals surface area contributed by atoms with Crippen molar-refractivity contribution < 1.29 is 0 Å².